The summed E-state index contributed by atoms with van der Waals surface area (Å²) in [6.07, 6.45) is -2.90. The number of hydrogen-bond acceptors (Lipinski definition) is 3. The molecule has 0 aliphatic rings. The molecule has 0 N–H and O–H groups in total. The molecule has 0 saturated heterocycles. The van der Waals surface area contributed by atoms with Gasteiger partial charge in [-0.1, -0.05) is 0 Å². The Bertz CT molecular complexity index is 210. The van der Waals surface area contributed by atoms with Crippen molar-refractivity contribution in [3.05, 3.63) is 0 Å². The summed E-state index contributed by atoms with van der Waals surface area (Å²) >= 11 is 0. The fourth-order valence-corrected chi connectivity index (χ4v) is 0.545. The third kappa shape index (κ3) is 3.43. The van der Waals surface area contributed by atoms with Gasteiger partial charge in [-0.25, -0.2) is 9.18 Å². The molecule has 0 saturated carbocycles. The minimum Gasteiger partial charge on any atom is -0.463 e. The van der Waals surface area contributed by atoms with Gasteiger partial charge in [0.15, 0.2) is 0 Å². The van der Waals surface area contributed by atoms with E-state index in [0.717, 1.165) is 0 Å². The highest BCUT2D eigenvalue weighted by Gasteiger charge is 2.42. The smallest absolute Gasteiger partial charge is 0.348 e. The van der Waals surface area contributed by atoms with Crippen LogP contribution in [0.2, 0.25) is 0 Å². The van der Waals surface area contributed by atoms with Gasteiger partial charge in [0, 0.05) is 6.92 Å². The Labute approximate surface area is 72.9 Å². The van der Waals surface area contributed by atoms with Crippen molar-refractivity contribution < 1.29 is 27.5 Å². The highest BCUT2D eigenvalue weighted by Crippen LogP contribution is 2.17. The molecule has 0 radical (unpaired) electrons. The number of hydrogen-bond donors (Lipinski definition) is 0. The molecule has 0 aromatic rings. The molecule has 76 valence electrons. The van der Waals surface area contributed by atoms with E-state index in [-0.39, 0.29) is 13.5 Å². The summed E-state index contributed by atoms with van der Waals surface area (Å²) in [5, 5.41) is 0. The standard InChI is InChI=1S/C7H9F3O3/c1-3-13-6(12)4(8)5(11)7(2,9)10/h4H,3H2,1-2H3. The lowest BCUT2D eigenvalue weighted by Gasteiger charge is -2.11. The maximum absolute atomic E-state index is 12.6. The molecule has 0 aliphatic heterocycles. The van der Waals surface area contributed by atoms with Crippen LogP contribution in [0.4, 0.5) is 13.2 Å². The van der Waals surface area contributed by atoms with Gasteiger partial charge < -0.3 is 4.74 Å². The SMILES string of the molecule is CCOC(=O)C(F)C(=O)C(C)(F)F. The molecule has 0 rings (SSSR count). The van der Waals surface area contributed by atoms with E-state index >= 15 is 0 Å². The number of ether oxygens (including phenoxy) is 1. The molecular weight excluding hydrogens is 189 g/mol. The molecule has 0 amide bonds. The zero-order chi connectivity index (χ0) is 10.6. The first-order valence-electron chi connectivity index (χ1n) is 3.53. The van der Waals surface area contributed by atoms with Crippen LogP contribution in [-0.4, -0.2) is 30.5 Å². The van der Waals surface area contributed by atoms with Gasteiger partial charge in [-0.15, -0.1) is 0 Å². The fourth-order valence-electron chi connectivity index (χ4n) is 0.545. The summed E-state index contributed by atoms with van der Waals surface area (Å²) in [7, 11) is 0. The summed E-state index contributed by atoms with van der Waals surface area (Å²) < 4.78 is 41.0. The van der Waals surface area contributed by atoms with Crippen LogP contribution in [0.5, 0.6) is 0 Å². The molecule has 6 heteroatoms. The normalized spacial score (nSPS) is 13.6. The first kappa shape index (κ1) is 11.9. The number of esters is 1. The molecule has 3 nitrogen and oxygen atoms in total. The highest BCUT2D eigenvalue weighted by atomic mass is 19.3. The number of Topliss-reactive ketones (excluding diaryl/α,β-unsaturated/α-hetero) is 1. The van der Waals surface area contributed by atoms with Gasteiger partial charge in [-0.05, 0) is 6.92 Å². The van der Waals surface area contributed by atoms with Crippen LogP contribution in [0, 0.1) is 0 Å². The summed E-state index contributed by atoms with van der Waals surface area (Å²) in [6.45, 7) is 1.43. The number of alkyl halides is 3. The van der Waals surface area contributed by atoms with Crippen LogP contribution in [0.1, 0.15) is 13.8 Å². The molecule has 13 heavy (non-hydrogen) atoms. The first-order valence-corrected chi connectivity index (χ1v) is 3.53. The summed E-state index contributed by atoms with van der Waals surface area (Å²) in [6, 6.07) is 0. The molecule has 0 bridgehead atoms. The van der Waals surface area contributed by atoms with Crippen LogP contribution in [0.25, 0.3) is 0 Å². The Morgan fingerprint density at radius 3 is 2.23 bits per heavy atom. The van der Waals surface area contributed by atoms with Gasteiger partial charge in [0.2, 0.25) is 5.78 Å². The average Bonchev–Trinajstić information content (AvgIpc) is 2.00. The van der Waals surface area contributed by atoms with Crippen molar-refractivity contribution in [3.63, 3.8) is 0 Å². The Balaban J connectivity index is 4.35. The molecule has 0 heterocycles. The number of ketones is 1. The Hall–Kier alpha value is -1.07. The van der Waals surface area contributed by atoms with Gasteiger partial charge in [0.05, 0.1) is 6.61 Å². The van der Waals surface area contributed by atoms with E-state index in [9.17, 15) is 22.8 Å². The molecular formula is C7H9F3O3. The van der Waals surface area contributed by atoms with Crippen molar-refractivity contribution in [1.82, 2.24) is 0 Å². The lowest BCUT2D eigenvalue weighted by Crippen LogP contribution is -2.38. The lowest BCUT2D eigenvalue weighted by molar-refractivity contribution is -0.161. The Kier molecular flexibility index (Phi) is 3.90. The van der Waals surface area contributed by atoms with Gasteiger partial charge in [0.1, 0.15) is 0 Å². The van der Waals surface area contributed by atoms with E-state index in [0.29, 0.717) is 0 Å². The molecule has 0 fully saturated rings. The zero-order valence-corrected chi connectivity index (χ0v) is 7.14. The van der Waals surface area contributed by atoms with Crippen molar-refractivity contribution in [2.45, 2.75) is 25.9 Å². The minimum absolute atomic E-state index is 0.165. The van der Waals surface area contributed by atoms with E-state index in [1.165, 1.54) is 6.92 Å². The number of halogens is 3. The second-order valence-electron chi connectivity index (χ2n) is 2.37. The van der Waals surface area contributed by atoms with Crippen molar-refractivity contribution in [1.29, 1.82) is 0 Å². The third-order valence-electron chi connectivity index (χ3n) is 1.16. The number of rotatable bonds is 4. The van der Waals surface area contributed by atoms with Crippen molar-refractivity contribution in [2.75, 3.05) is 6.61 Å². The molecule has 0 spiro atoms. The van der Waals surface area contributed by atoms with Crippen LogP contribution in [0.3, 0.4) is 0 Å². The highest BCUT2D eigenvalue weighted by molar-refractivity contribution is 6.05. The molecule has 1 atom stereocenters. The summed E-state index contributed by atoms with van der Waals surface area (Å²) in [4.78, 5) is 20.9. The lowest BCUT2D eigenvalue weighted by atomic mass is 10.1. The van der Waals surface area contributed by atoms with E-state index in [2.05, 4.69) is 4.74 Å². The monoisotopic (exact) mass is 198 g/mol. The average molecular weight is 198 g/mol. The quantitative estimate of drug-likeness (QED) is 0.502. The topological polar surface area (TPSA) is 43.4 Å². The molecule has 0 aromatic carbocycles. The number of carbonyl (C=O) groups excluding carboxylic acids is 2. The van der Waals surface area contributed by atoms with Crippen LogP contribution < -0.4 is 0 Å². The van der Waals surface area contributed by atoms with Crippen LogP contribution in [0.15, 0.2) is 0 Å². The maximum Gasteiger partial charge on any atom is 0.348 e. The number of carbonyl (C=O) groups is 2. The maximum atomic E-state index is 12.6. The fraction of sp³-hybridized carbons (Fsp3) is 0.714. The molecule has 0 aliphatic carbocycles. The Morgan fingerprint density at radius 2 is 1.92 bits per heavy atom. The summed E-state index contributed by atoms with van der Waals surface area (Å²) in [5.74, 6) is -7.51. The second kappa shape index (κ2) is 4.25. The molecule has 0 aromatic heterocycles. The van der Waals surface area contributed by atoms with Crippen LogP contribution in [-0.2, 0) is 14.3 Å². The van der Waals surface area contributed by atoms with E-state index < -0.39 is 23.8 Å². The molecule has 1 unspecified atom stereocenters. The van der Waals surface area contributed by atoms with E-state index in [1.807, 2.05) is 0 Å². The van der Waals surface area contributed by atoms with Gasteiger partial charge in [0.25, 0.3) is 6.17 Å². The van der Waals surface area contributed by atoms with E-state index in [1.54, 1.807) is 0 Å². The third-order valence-corrected chi connectivity index (χ3v) is 1.16. The zero-order valence-electron chi connectivity index (χ0n) is 7.14. The second-order valence-corrected chi connectivity index (χ2v) is 2.37. The minimum atomic E-state index is -3.85. The predicted octanol–water partition coefficient (Wildman–Crippen LogP) is 1.11. The first-order chi connectivity index (χ1) is 5.80. The van der Waals surface area contributed by atoms with E-state index in [4.69, 9.17) is 0 Å². The van der Waals surface area contributed by atoms with Crippen molar-refractivity contribution in [3.8, 4) is 0 Å². The largest absolute Gasteiger partial charge is 0.463 e. The summed E-state index contributed by atoms with van der Waals surface area (Å²) in [5.41, 5.74) is 0. The predicted molar refractivity (Wildman–Crippen MR) is 37.2 cm³/mol. The van der Waals surface area contributed by atoms with Gasteiger partial charge >= 0.3 is 11.9 Å². The van der Waals surface area contributed by atoms with Gasteiger partial charge in [-0.2, -0.15) is 8.78 Å². The van der Waals surface area contributed by atoms with Crippen molar-refractivity contribution >= 4 is 11.8 Å². The van der Waals surface area contributed by atoms with Crippen LogP contribution >= 0.6 is 0 Å². The van der Waals surface area contributed by atoms with Gasteiger partial charge in [-0.3, -0.25) is 4.79 Å². The van der Waals surface area contributed by atoms with Crippen molar-refractivity contribution in [2.24, 2.45) is 0 Å². The Morgan fingerprint density at radius 1 is 1.46 bits per heavy atom.